The molecule has 10 aromatic carbocycles. The van der Waals surface area contributed by atoms with Gasteiger partial charge in [0.15, 0.2) is 5.82 Å². The number of nitrogens with zero attached hydrogens (tertiary/aromatic N) is 3. The van der Waals surface area contributed by atoms with Crippen LogP contribution in [0.15, 0.2) is 237 Å². The zero-order valence-electron chi connectivity index (χ0n) is 38.4. The van der Waals surface area contributed by atoms with Crippen molar-refractivity contribution in [3.05, 3.63) is 248 Å². The van der Waals surface area contributed by atoms with Gasteiger partial charge < -0.3 is 4.40 Å². The molecule has 0 saturated carbocycles. The highest BCUT2D eigenvalue weighted by Crippen LogP contribution is 2.42. The molecule has 3 nitrogen and oxygen atoms in total. The van der Waals surface area contributed by atoms with Crippen molar-refractivity contribution in [3.63, 3.8) is 0 Å². The minimum absolute atomic E-state index is 0.710. The maximum atomic E-state index is 5.11. The molecule has 13 rings (SSSR count). The Morgan fingerprint density at radius 2 is 0.638 bits per heavy atom. The lowest BCUT2D eigenvalue weighted by Crippen LogP contribution is -1.96. The van der Waals surface area contributed by atoms with Gasteiger partial charge in [0.25, 0.3) is 0 Å². The number of aryl methyl sites for hydroxylation is 2. The first-order valence-electron chi connectivity index (χ1n) is 23.7. The molecule has 0 aliphatic rings. The van der Waals surface area contributed by atoms with Gasteiger partial charge in [0.1, 0.15) is 0 Å². The maximum Gasteiger partial charge on any atom is 0.160 e. The lowest BCUT2D eigenvalue weighted by Gasteiger charge is -2.12. The quantitative estimate of drug-likeness (QED) is 0.152. The van der Waals surface area contributed by atoms with Crippen molar-refractivity contribution in [3.8, 4) is 89.5 Å². The molecule has 0 atom stereocenters. The Kier molecular flexibility index (Phi) is 9.62. The first kappa shape index (κ1) is 40.4. The third kappa shape index (κ3) is 7.24. The fourth-order valence-electron chi connectivity index (χ4n) is 10.5. The van der Waals surface area contributed by atoms with E-state index in [1.165, 1.54) is 93.7 Å². The summed E-state index contributed by atoms with van der Waals surface area (Å²) in [6.45, 7) is 4.36. The first-order chi connectivity index (χ1) is 34.0. The van der Waals surface area contributed by atoms with Gasteiger partial charge >= 0.3 is 0 Å². The fourth-order valence-corrected chi connectivity index (χ4v) is 10.5. The summed E-state index contributed by atoms with van der Waals surface area (Å²) in [5, 5.41) is 5.15. The van der Waals surface area contributed by atoms with Crippen LogP contribution in [0.3, 0.4) is 0 Å². The molecule has 0 aliphatic heterocycles. The number of hydrogen-bond donors (Lipinski definition) is 0. The van der Waals surface area contributed by atoms with E-state index in [9.17, 15) is 0 Å². The molecule has 0 radical (unpaired) electrons. The summed E-state index contributed by atoms with van der Waals surface area (Å²) in [6.07, 6.45) is 0. The summed E-state index contributed by atoms with van der Waals surface area (Å²) < 4.78 is 2.50. The number of hydrogen-bond acceptors (Lipinski definition) is 2. The molecule has 69 heavy (non-hydrogen) atoms. The lowest BCUT2D eigenvalue weighted by molar-refractivity contribution is 1.18. The Hall–Kier alpha value is -8.92. The fraction of sp³-hybridized carbons (Fsp3) is 0.0303. The first-order valence-corrected chi connectivity index (χ1v) is 23.7. The molecular formula is C66H45N3. The number of fused-ring (bicyclic) bond motifs is 6. The second kappa shape index (κ2) is 16.4. The molecule has 0 amide bonds. The normalized spacial score (nSPS) is 11.6. The van der Waals surface area contributed by atoms with E-state index < -0.39 is 0 Å². The smallest absolute Gasteiger partial charge is 0.160 e. The molecule has 0 bridgehead atoms. The molecule has 0 N–H and O–H groups in total. The number of para-hydroxylation sites is 1. The molecule has 0 unspecified atom stereocenters. The van der Waals surface area contributed by atoms with E-state index in [2.05, 4.69) is 231 Å². The Morgan fingerprint density at radius 1 is 0.261 bits per heavy atom. The van der Waals surface area contributed by atoms with Gasteiger partial charge in [0.2, 0.25) is 0 Å². The predicted molar refractivity (Wildman–Crippen MR) is 290 cm³/mol. The highest BCUT2D eigenvalue weighted by molar-refractivity contribution is 6.23. The third-order valence-electron chi connectivity index (χ3n) is 13.8. The highest BCUT2D eigenvalue weighted by Gasteiger charge is 2.19. The van der Waals surface area contributed by atoms with Crippen molar-refractivity contribution in [2.45, 2.75) is 13.8 Å². The maximum absolute atomic E-state index is 5.11. The number of aromatic nitrogens is 3. The molecule has 0 fully saturated rings. The van der Waals surface area contributed by atoms with Crippen LogP contribution >= 0.6 is 0 Å². The van der Waals surface area contributed by atoms with Crippen LogP contribution in [0.5, 0.6) is 0 Å². The van der Waals surface area contributed by atoms with E-state index in [0.29, 0.717) is 5.82 Å². The van der Waals surface area contributed by atoms with Crippen molar-refractivity contribution < 1.29 is 0 Å². The van der Waals surface area contributed by atoms with Gasteiger partial charge in [-0.05, 0) is 112 Å². The van der Waals surface area contributed by atoms with Crippen LogP contribution in [0.2, 0.25) is 0 Å². The third-order valence-corrected chi connectivity index (χ3v) is 13.8. The Balaban J connectivity index is 0.837. The zero-order chi connectivity index (χ0) is 46.0. The highest BCUT2D eigenvalue weighted by atomic mass is 14.9. The Labute approximate surface area is 401 Å². The van der Waals surface area contributed by atoms with Gasteiger partial charge in [0.05, 0.1) is 27.9 Å². The van der Waals surface area contributed by atoms with Crippen LogP contribution in [0.4, 0.5) is 0 Å². The number of benzene rings is 10. The minimum atomic E-state index is 0.710. The molecule has 0 saturated heterocycles. The predicted octanol–water partition coefficient (Wildman–Crippen LogP) is 17.6. The molecular weight excluding hydrogens is 835 g/mol. The molecule has 13 aromatic rings. The van der Waals surface area contributed by atoms with E-state index in [4.69, 9.17) is 9.97 Å². The lowest BCUT2D eigenvalue weighted by atomic mass is 9.94. The molecule has 324 valence electrons. The molecule has 3 heterocycles. The SMILES string of the molecule is Cc1cc(C)cc(-c2ccc3c4cccc5c6ccc(-c7cccc(-c8cccc(-c9cccc(-c%10cccc(-c%11cc(-c%12ccccc%12)nc(-c%12ccccc%12)n%11)c%10)c9)c8)c7)cc6n(c3c2)c45)c1. The van der Waals surface area contributed by atoms with Crippen molar-refractivity contribution in [2.75, 3.05) is 0 Å². The van der Waals surface area contributed by atoms with Crippen LogP contribution in [0.1, 0.15) is 11.1 Å². The van der Waals surface area contributed by atoms with Gasteiger partial charge in [-0.2, -0.15) is 0 Å². The van der Waals surface area contributed by atoms with E-state index in [0.717, 1.165) is 39.2 Å². The molecule has 3 aromatic heterocycles. The van der Waals surface area contributed by atoms with E-state index in [1.807, 2.05) is 24.3 Å². The summed E-state index contributed by atoms with van der Waals surface area (Å²) in [4.78, 5) is 10.1. The Bertz CT molecular complexity index is 4010. The van der Waals surface area contributed by atoms with E-state index in [-0.39, 0.29) is 0 Å². The molecule has 0 spiro atoms. The summed E-state index contributed by atoms with van der Waals surface area (Å²) >= 11 is 0. The monoisotopic (exact) mass is 879 g/mol. The summed E-state index contributed by atoms with van der Waals surface area (Å²) in [5.74, 6) is 0.710. The van der Waals surface area contributed by atoms with Gasteiger partial charge in [0, 0.05) is 38.2 Å². The van der Waals surface area contributed by atoms with Crippen molar-refractivity contribution >= 4 is 38.1 Å². The topological polar surface area (TPSA) is 30.2 Å². The summed E-state index contributed by atoms with van der Waals surface area (Å²) in [6, 6.07) is 85.7. The van der Waals surface area contributed by atoms with Crippen LogP contribution in [0, 0.1) is 13.8 Å². The van der Waals surface area contributed by atoms with Crippen molar-refractivity contribution in [1.29, 1.82) is 0 Å². The van der Waals surface area contributed by atoms with Crippen LogP contribution in [0.25, 0.3) is 128 Å². The number of rotatable bonds is 8. The summed E-state index contributed by atoms with van der Waals surface area (Å²) in [5.41, 5.74) is 23.1. The van der Waals surface area contributed by atoms with Crippen LogP contribution in [-0.2, 0) is 0 Å². The minimum Gasteiger partial charge on any atom is -0.308 e. The van der Waals surface area contributed by atoms with Crippen molar-refractivity contribution in [2.24, 2.45) is 0 Å². The average molecular weight is 880 g/mol. The van der Waals surface area contributed by atoms with Crippen molar-refractivity contribution in [1.82, 2.24) is 14.4 Å². The van der Waals surface area contributed by atoms with Gasteiger partial charge in [-0.1, -0.05) is 205 Å². The van der Waals surface area contributed by atoms with E-state index >= 15 is 0 Å². The largest absolute Gasteiger partial charge is 0.308 e. The zero-order valence-corrected chi connectivity index (χ0v) is 38.4. The van der Waals surface area contributed by atoms with Crippen LogP contribution in [-0.4, -0.2) is 14.4 Å². The van der Waals surface area contributed by atoms with Gasteiger partial charge in [-0.15, -0.1) is 0 Å². The van der Waals surface area contributed by atoms with E-state index in [1.54, 1.807) is 0 Å². The second-order valence-electron chi connectivity index (χ2n) is 18.4. The van der Waals surface area contributed by atoms with Crippen LogP contribution < -0.4 is 0 Å². The second-order valence-corrected chi connectivity index (χ2v) is 18.4. The molecule has 0 aliphatic carbocycles. The standard InChI is InChI=1S/C66H45N3/c1-42-32-43(2)34-56(33-42)54-29-31-58-60-27-13-26-59-57-30-28-53(39-63(57)69(65(59)60)64(58)40-54)51-23-11-21-49(37-51)47-19-9-18-46(35-47)48-20-10-22-50(36-48)52-24-12-25-55(38-52)62-41-61(44-14-5-3-6-15-44)67-66(68-62)45-16-7-4-8-17-45/h3-41H,1-2H3. The molecule has 3 heteroatoms. The average Bonchev–Trinajstić information content (AvgIpc) is 3.93. The van der Waals surface area contributed by atoms with Gasteiger partial charge in [-0.25, -0.2) is 9.97 Å². The Morgan fingerprint density at radius 3 is 1.13 bits per heavy atom. The summed E-state index contributed by atoms with van der Waals surface area (Å²) in [7, 11) is 0. The van der Waals surface area contributed by atoms with Gasteiger partial charge in [-0.3, -0.25) is 0 Å².